The van der Waals surface area contributed by atoms with Gasteiger partial charge in [0.2, 0.25) is 0 Å². The lowest BCUT2D eigenvalue weighted by molar-refractivity contribution is 0.0995. The molecule has 2 heterocycles. The van der Waals surface area contributed by atoms with Crippen molar-refractivity contribution in [1.82, 2.24) is 0 Å². The molecule has 0 radical (unpaired) electrons. The minimum absolute atomic E-state index is 0.136. The molecular formula is C16H16BrNO4. The molecule has 1 N–H and O–H groups in total. The molecule has 0 fully saturated rings. The highest BCUT2D eigenvalue weighted by molar-refractivity contribution is 9.10. The Hall–Kier alpha value is -1.95. The first-order chi connectivity index (χ1) is 10.6. The number of carbonyl (C=O) groups is 1. The molecule has 0 spiro atoms. The maximum Gasteiger partial charge on any atom is 0.291 e. The molecular weight excluding hydrogens is 350 g/mol. The Labute approximate surface area is 136 Å². The number of nitrogens with one attached hydrogen (secondary N) is 1. The molecule has 6 heteroatoms. The van der Waals surface area contributed by atoms with Crippen LogP contribution < -0.4 is 14.8 Å². The number of rotatable bonds is 4. The number of anilines is 1. The van der Waals surface area contributed by atoms with Crippen LogP contribution in [0.3, 0.4) is 0 Å². The minimum Gasteiger partial charge on any atom is -0.492 e. The van der Waals surface area contributed by atoms with Crippen LogP contribution in [0, 0.1) is 0 Å². The van der Waals surface area contributed by atoms with Crippen molar-refractivity contribution in [2.24, 2.45) is 0 Å². The Bertz CT molecular complexity index is 710. The molecule has 1 unspecified atom stereocenters. The molecule has 116 valence electrons. The summed E-state index contributed by atoms with van der Waals surface area (Å²) in [6.07, 6.45) is 0.978. The van der Waals surface area contributed by atoms with Crippen molar-refractivity contribution in [3.63, 3.8) is 0 Å². The third kappa shape index (κ3) is 2.97. The summed E-state index contributed by atoms with van der Waals surface area (Å²) in [6, 6.07) is 7.01. The van der Waals surface area contributed by atoms with Crippen molar-refractivity contribution < 1.29 is 18.7 Å². The van der Waals surface area contributed by atoms with Gasteiger partial charge in [-0.1, -0.05) is 0 Å². The molecule has 22 heavy (non-hydrogen) atoms. The standard InChI is InChI=1S/C16H16BrNO4/c1-3-20-14-7-10-6-9(2)21-13(10)8-11(14)18-16(19)12-4-5-15(17)22-12/h4-5,7-9H,3,6H2,1-2H3,(H,18,19). The fourth-order valence-electron chi connectivity index (χ4n) is 2.43. The second-order valence-electron chi connectivity index (χ2n) is 5.08. The molecule has 0 aliphatic carbocycles. The number of halogens is 1. The molecule has 1 amide bonds. The first-order valence-electron chi connectivity index (χ1n) is 7.10. The molecule has 1 aliphatic heterocycles. The summed E-state index contributed by atoms with van der Waals surface area (Å²) < 4.78 is 17.1. The number of furan rings is 1. The minimum atomic E-state index is -0.336. The molecule has 1 aliphatic rings. The average molecular weight is 366 g/mol. The zero-order chi connectivity index (χ0) is 15.7. The molecule has 0 bridgehead atoms. The summed E-state index contributed by atoms with van der Waals surface area (Å²) in [4.78, 5) is 12.2. The number of amides is 1. The van der Waals surface area contributed by atoms with E-state index in [2.05, 4.69) is 21.2 Å². The van der Waals surface area contributed by atoms with E-state index in [4.69, 9.17) is 13.9 Å². The van der Waals surface area contributed by atoms with Gasteiger partial charge in [0, 0.05) is 18.1 Å². The number of hydrogen-bond acceptors (Lipinski definition) is 4. The van der Waals surface area contributed by atoms with Crippen molar-refractivity contribution >= 4 is 27.5 Å². The Morgan fingerprint density at radius 3 is 2.95 bits per heavy atom. The predicted octanol–water partition coefficient (Wildman–Crippen LogP) is 4.02. The Morgan fingerprint density at radius 1 is 1.45 bits per heavy atom. The third-order valence-corrected chi connectivity index (χ3v) is 3.77. The highest BCUT2D eigenvalue weighted by Crippen LogP contribution is 2.38. The molecule has 2 aromatic rings. The van der Waals surface area contributed by atoms with E-state index >= 15 is 0 Å². The second-order valence-corrected chi connectivity index (χ2v) is 5.86. The maximum atomic E-state index is 12.2. The van der Waals surface area contributed by atoms with Crippen LogP contribution >= 0.6 is 15.9 Å². The second kappa shape index (κ2) is 6.04. The van der Waals surface area contributed by atoms with Crippen molar-refractivity contribution in [3.05, 3.63) is 40.3 Å². The molecule has 0 saturated carbocycles. The van der Waals surface area contributed by atoms with Crippen LogP contribution in [0.2, 0.25) is 0 Å². The fraction of sp³-hybridized carbons (Fsp3) is 0.312. The van der Waals surface area contributed by atoms with Gasteiger partial charge in [0.1, 0.15) is 17.6 Å². The monoisotopic (exact) mass is 365 g/mol. The van der Waals surface area contributed by atoms with Crippen LogP contribution in [-0.4, -0.2) is 18.6 Å². The molecule has 3 rings (SSSR count). The van der Waals surface area contributed by atoms with Crippen LogP contribution in [0.15, 0.2) is 33.4 Å². The van der Waals surface area contributed by atoms with Crippen molar-refractivity contribution in [2.75, 3.05) is 11.9 Å². The normalized spacial score (nSPS) is 16.0. The van der Waals surface area contributed by atoms with E-state index in [-0.39, 0.29) is 17.8 Å². The maximum absolute atomic E-state index is 12.2. The molecule has 5 nitrogen and oxygen atoms in total. The van der Waals surface area contributed by atoms with Crippen LogP contribution in [-0.2, 0) is 6.42 Å². The van der Waals surface area contributed by atoms with Crippen molar-refractivity contribution in [2.45, 2.75) is 26.4 Å². The Kier molecular flexibility index (Phi) is 4.11. The van der Waals surface area contributed by atoms with Gasteiger partial charge in [-0.25, -0.2) is 0 Å². The SMILES string of the molecule is CCOc1cc2c(cc1NC(=O)c1ccc(Br)o1)OC(C)C2. The summed E-state index contributed by atoms with van der Waals surface area (Å²) in [6.45, 7) is 4.44. The summed E-state index contributed by atoms with van der Waals surface area (Å²) >= 11 is 3.18. The van der Waals surface area contributed by atoms with Crippen LogP contribution in [0.25, 0.3) is 0 Å². The van der Waals surface area contributed by atoms with Gasteiger partial charge in [-0.05, 0) is 48.0 Å². The van der Waals surface area contributed by atoms with Crippen LogP contribution in [0.4, 0.5) is 5.69 Å². The van der Waals surface area contributed by atoms with E-state index in [1.165, 1.54) is 0 Å². The zero-order valence-corrected chi connectivity index (χ0v) is 13.9. The van der Waals surface area contributed by atoms with E-state index in [0.717, 1.165) is 17.7 Å². The number of fused-ring (bicyclic) bond motifs is 1. The Morgan fingerprint density at radius 2 is 2.27 bits per heavy atom. The van der Waals surface area contributed by atoms with Crippen LogP contribution in [0.1, 0.15) is 30.0 Å². The smallest absolute Gasteiger partial charge is 0.291 e. The molecule has 1 aromatic heterocycles. The fourth-order valence-corrected chi connectivity index (χ4v) is 2.74. The van der Waals surface area contributed by atoms with Gasteiger partial charge < -0.3 is 19.2 Å². The van der Waals surface area contributed by atoms with Gasteiger partial charge >= 0.3 is 0 Å². The Balaban J connectivity index is 1.89. The van der Waals surface area contributed by atoms with Crippen molar-refractivity contribution in [3.8, 4) is 11.5 Å². The quantitative estimate of drug-likeness (QED) is 0.888. The molecule has 1 atom stereocenters. The number of hydrogen-bond donors (Lipinski definition) is 1. The largest absolute Gasteiger partial charge is 0.492 e. The lowest BCUT2D eigenvalue weighted by Gasteiger charge is -2.13. The topological polar surface area (TPSA) is 60.7 Å². The van der Waals surface area contributed by atoms with Gasteiger partial charge in [0.05, 0.1) is 12.3 Å². The number of carbonyl (C=O) groups excluding carboxylic acids is 1. The number of benzene rings is 1. The van der Waals surface area contributed by atoms with E-state index in [1.807, 2.05) is 19.9 Å². The summed E-state index contributed by atoms with van der Waals surface area (Å²) in [5.41, 5.74) is 1.67. The lowest BCUT2D eigenvalue weighted by atomic mass is 10.1. The van der Waals surface area contributed by atoms with Gasteiger partial charge in [0.15, 0.2) is 10.4 Å². The van der Waals surface area contributed by atoms with Gasteiger partial charge in [-0.15, -0.1) is 0 Å². The van der Waals surface area contributed by atoms with Crippen molar-refractivity contribution in [1.29, 1.82) is 0 Å². The van der Waals surface area contributed by atoms with Crippen LogP contribution in [0.5, 0.6) is 11.5 Å². The van der Waals surface area contributed by atoms with Gasteiger partial charge in [0.25, 0.3) is 5.91 Å². The summed E-state index contributed by atoms with van der Waals surface area (Å²) in [7, 11) is 0. The zero-order valence-electron chi connectivity index (χ0n) is 12.3. The molecule has 1 aromatic carbocycles. The van der Waals surface area contributed by atoms with E-state index < -0.39 is 0 Å². The van der Waals surface area contributed by atoms with E-state index in [0.29, 0.717) is 22.7 Å². The summed E-state index contributed by atoms with van der Waals surface area (Å²) in [5, 5.41) is 2.81. The van der Waals surface area contributed by atoms with Gasteiger partial charge in [-0.3, -0.25) is 4.79 Å². The first-order valence-corrected chi connectivity index (χ1v) is 7.89. The highest BCUT2D eigenvalue weighted by Gasteiger charge is 2.23. The number of ether oxygens (including phenoxy) is 2. The summed E-state index contributed by atoms with van der Waals surface area (Å²) in [5.74, 6) is 1.31. The average Bonchev–Trinajstić information content (AvgIpc) is 3.04. The van der Waals surface area contributed by atoms with Gasteiger partial charge in [-0.2, -0.15) is 0 Å². The first kappa shape index (κ1) is 15.0. The molecule has 0 saturated heterocycles. The third-order valence-electron chi connectivity index (χ3n) is 3.34. The predicted molar refractivity (Wildman–Crippen MR) is 85.8 cm³/mol. The lowest BCUT2D eigenvalue weighted by Crippen LogP contribution is -2.12. The van der Waals surface area contributed by atoms with E-state index in [1.54, 1.807) is 18.2 Å². The van der Waals surface area contributed by atoms with E-state index in [9.17, 15) is 4.79 Å². The highest BCUT2D eigenvalue weighted by atomic mass is 79.9.